The Morgan fingerprint density at radius 3 is 2.75 bits per heavy atom. The fraction of sp³-hybridized carbons (Fsp3) is 0.440. The van der Waals surface area contributed by atoms with Crippen LogP contribution in [0.15, 0.2) is 53.7 Å². The second-order valence-electron chi connectivity index (χ2n) is 9.32. The summed E-state index contributed by atoms with van der Waals surface area (Å²) in [6.07, 6.45) is 4.41. The van der Waals surface area contributed by atoms with Crippen LogP contribution in [-0.2, 0) is 10.0 Å². The third kappa shape index (κ3) is 5.52. The smallest absolute Gasteiger partial charge is 0.263 e. The summed E-state index contributed by atoms with van der Waals surface area (Å²) in [4.78, 5) is 6.40. The van der Waals surface area contributed by atoms with Gasteiger partial charge in [0.1, 0.15) is 17.9 Å². The van der Waals surface area contributed by atoms with Gasteiger partial charge in [-0.1, -0.05) is 18.2 Å². The van der Waals surface area contributed by atoms with Crippen LogP contribution in [0.5, 0.6) is 5.75 Å². The van der Waals surface area contributed by atoms with Crippen LogP contribution in [-0.4, -0.2) is 49.0 Å². The van der Waals surface area contributed by atoms with E-state index >= 15 is 0 Å². The van der Waals surface area contributed by atoms with Gasteiger partial charge in [-0.25, -0.2) is 17.8 Å². The van der Waals surface area contributed by atoms with E-state index in [9.17, 15) is 17.2 Å². The summed E-state index contributed by atoms with van der Waals surface area (Å²) in [7, 11) is -3.82. The van der Waals surface area contributed by atoms with Gasteiger partial charge < -0.3 is 4.74 Å². The quantitative estimate of drug-likeness (QED) is 0.430. The standard InChI is InChI=1S/C25H28F2N4O3S2/c26-10-7-17-8-11-31(23(13-17)18-1-3-20(27)4-2-18)15-19-9-12-34-24-14-21(5-6-22(19)24)36(32,33)30-25-28-16-29-35-25/h1-6,14,16-17,19,23H,7-13,15H2,(H,28,29,30)/t17-,19-,23+/m0/s1. The largest absolute Gasteiger partial charge is 0.493 e. The molecule has 1 N–H and O–H groups in total. The van der Waals surface area contributed by atoms with Crippen LogP contribution in [0, 0.1) is 11.7 Å². The first kappa shape index (κ1) is 25.0. The lowest BCUT2D eigenvalue weighted by molar-refractivity contribution is 0.0912. The van der Waals surface area contributed by atoms with E-state index in [0.29, 0.717) is 24.7 Å². The van der Waals surface area contributed by atoms with Crippen LogP contribution in [0.25, 0.3) is 0 Å². The lowest BCUT2D eigenvalue weighted by Gasteiger charge is -2.42. The maximum atomic E-state index is 13.6. The zero-order valence-corrected chi connectivity index (χ0v) is 21.3. The van der Waals surface area contributed by atoms with Crippen molar-refractivity contribution in [2.24, 2.45) is 5.92 Å². The van der Waals surface area contributed by atoms with E-state index in [2.05, 4.69) is 19.0 Å². The van der Waals surface area contributed by atoms with Crippen LogP contribution in [0.3, 0.4) is 0 Å². The number of nitrogens with zero attached hydrogens (tertiary/aromatic N) is 3. The van der Waals surface area contributed by atoms with Crippen molar-refractivity contribution >= 4 is 26.7 Å². The molecule has 0 bridgehead atoms. The number of halogens is 2. The molecule has 2 aliphatic heterocycles. The number of hydrogen-bond acceptors (Lipinski definition) is 7. The minimum absolute atomic E-state index is 0.0814. The van der Waals surface area contributed by atoms with E-state index in [1.54, 1.807) is 12.1 Å². The predicted molar refractivity (Wildman–Crippen MR) is 134 cm³/mol. The normalized spacial score (nSPS) is 22.6. The highest BCUT2D eigenvalue weighted by atomic mass is 32.2. The minimum atomic E-state index is -3.82. The first-order chi connectivity index (χ1) is 17.4. The zero-order valence-electron chi connectivity index (χ0n) is 19.6. The molecule has 1 fully saturated rings. The van der Waals surface area contributed by atoms with Gasteiger partial charge in [-0.15, -0.1) is 0 Å². The number of hydrogen-bond donors (Lipinski definition) is 1. The van der Waals surface area contributed by atoms with Crippen molar-refractivity contribution in [2.45, 2.75) is 42.5 Å². The fourth-order valence-electron chi connectivity index (χ4n) is 5.23. The lowest BCUT2D eigenvalue weighted by Crippen LogP contribution is -2.40. The number of rotatable bonds is 8. The van der Waals surface area contributed by atoms with Gasteiger partial charge in [0.05, 0.1) is 18.2 Å². The van der Waals surface area contributed by atoms with Gasteiger partial charge in [0.15, 0.2) is 0 Å². The number of nitrogens with one attached hydrogen (secondary N) is 1. The van der Waals surface area contributed by atoms with Crippen molar-refractivity contribution in [3.8, 4) is 5.75 Å². The predicted octanol–water partition coefficient (Wildman–Crippen LogP) is 5.16. The van der Waals surface area contributed by atoms with Gasteiger partial charge >= 0.3 is 0 Å². The summed E-state index contributed by atoms with van der Waals surface area (Å²) in [6.45, 7) is 1.76. The van der Waals surface area contributed by atoms with Gasteiger partial charge in [0, 0.05) is 36.1 Å². The molecule has 192 valence electrons. The third-order valence-corrected chi connectivity index (χ3v) is 9.14. The number of benzene rings is 2. The average Bonchev–Trinajstić information content (AvgIpc) is 3.38. The molecule has 0 aliphatic carbocycles. The van der Waals surface area contributed by atoms with Crippen molar-refractivity contribution in [2.75, 3.05) is 31.1 Å². The molecular formula is C25H28F2N4O3S2. The number of sulfonamides is 1. The third-order valence-electron chi connectivity index (χ3n) is 7.09. The molecule has 0 unspecified atom stereocenters. The molecule has 0 amide bonds. The highest BCUT2D eigenvalue weighted by Crippen LogP contribution is 2.41. The second kappa shape index (κ2) is 10.8. The molecule has 3 aromatic rings. The number of piperidine rings is 1. The molecule has 3 heterocycles. The summed E-state index contributed by atoms with van der Waals surface area (Å²) in [5.74, 6) is 0.752. The van der Waals surface area contributed by atoms with Crippen LogP contribution >= 0.6 is 11.5 Å². The number of ether oxygens (including phenoxy) is 1. The Morgan fingerprint density at radius 2 is 2.00 bits per heavy atom. The van der Waals surface area contributed by atoms with Gasteiger partial charge in [-0.2, -0.15) is 4.37 Å². The van der Waals surface area contributed by atoms with Gasteiger partial charge in [-0.05, 0) is 67.5 Å². The number of alkyl halides is 1. The van der Waals surface area contributed by atoms with Crippen molar-refractivity contribution < 1.29 is 21.9 Å². The summed E-state index contributed by atoms with van der Waals surface area (Å²) < 4.78 is 64.4. The Bertz CT molecular complexity index is 1270. The highest BCUT2D eigenvalue weighted by molar-refractivity contribution is 7.93. The molecule has 36 heavy (non-hydrogen) atoms. The van der Waals surface area contributed by atoms with E-state index in [4.69, 9.17) is 4.74 Å². The molecule has 0 saturated carbocycles. The molecule has 1 saturated heterocycles. The monoisotopic (exact) mass is 534 g/mol. The van der Waals surface area contributed by atoms with Crippen molar-refractivity contribution in [3.63, 3.8) is 0 Å². The van der Waals surface area contributed by atoms with Crippen molar-refractivity contribution in [3.05, 3.63) is 65.7 Å². The molecule has 0 spiro atoms. The number of likely N-dealkylation sites (tertiary alicyclic amines) is 1. The molecular weight excluding hydrogens is 506 g/mol. The number of anilines is 1. The molecule has 0 radical (unpaired) electrons. The van der Waals surface area contributed by atoms with E-state index < -0.39 is 10.0 Å². The summed E-state index contributed by atoms with van der Waals surface area (Å²) >= 11 is 0.965. The molecule has 2 aliphatic rings. The lowest BCUT2D eigenvalue weighted by atomic mass is 9.83. The molecule has 5 rings (SSSR count). The topological polar surface area (TPSA) is 84.4 Å². The van der Waals surface area contributed by atoms with Crippen LogP contribution in [0.1, 0.15) is 48.8 Å². The van der Waals surface area contributed by atoms with Crippen LogP contribution in [0.2, 0.25) is 0 Å². The van der Waals surface area contributed by atoms with E-state index in [1.165, 1.54) is 18.5 Å². The van der Waals surface area contributed by atoms with Crippen molar-refractivity contribution in [1.82, 2.24) is 14.3 Å². The summed E-state index contributed by atoms with van der Waals surface area (Å²) in [5.41, 5.74) is 2.01. The average molecular weight is 535 g/mol. The maximum absolute atomic E-state index is 13.6. The van der Waals surface area contributed by atoms with E-state index in [1.807, 2.05) is 18.2 Å². The maximum Gasteiger partial charge on any atom is 0.263 e. The van der Waals surface area contributed by atoms with Gasteiger partial charge in [0.2, 0.25) is 5.13 Å². The van der Waals surface area contributed by atoms with Gasteiger partial charge in [0.25, 0.3) is 10.0 Å². The fourth-order valence-corrected chi connectivity index (χ4v) is 6.91. The van der Waals surface area contributed by atoms with Crippen LogP contribution in [0.4, 0.5) is 13.9 Å². The van der Waals surface area contributed by atoms with Crippen molar-refractivity contribution in [1.29, 1.82) is 0 Å². The highest BCUT2D eigenvalue weighted by Gasteiger charge is 2.33. The summed E-state index contributed by atoms with van der Waals surface area (Å²) in [6, 6.07) is 11.7. The van der Waals surface area contributed by atoms with E-state index in [-0.39, 0.29) is 34.5 Å². The first-order valence-electron chi connectivity index (χ1n) is 12.0. The number of aromatic nitrogens is 2. The molecule has 2 aromatic carbocycles. The SMILES string of the molecule is O=S(=O)(Nc1ncns1)c1ccc2c(c1)OCC[C@H]2CN1CC[C@H](CCF)C[C@@H]1c1ccc(F)cc1. The first-order valence-corrected chi connectivity index (χ1v) is 14.3. The Kier molecular flexibility index (Phi) is 7.49. The second-order valence-corrected chi connectivity index (χ2v) is 11.8. The molecule has 3 atom stereocenters. The summed E-state index contributed by atoms with van der Waals surface area (Å²) in [5, 5.41) is 0.203. The van der Waals surface area contributed by atoms with Crippen LogP contribution < -0.4 is 9.46 Å². The van der Waals surface area contributed by atoms with E-state index in [0.717, 1.165) is 55.0 Å². The Morgan fingerprint density at radius 1 is 1.17 bits per heavy atom. The molecule has 7 nitrogen and oxygen atoms in total. The number of fused-ring (bicyclic) bond motifs is 1. The molecule has 11 heteroatoms. The Labute approximate surface area is 213 Å². The zero-order chi connectivity index (χ0) is 25.1. The Hall–Kier alpha value is -2.63. The molecule has 1 aromatic heterocycles. The van der Waals surface area contributed by atoms with Gasteiger partial charge in [-0.3, -0.25) is 14.0 Å². The minimum Gasteiger partial charge on any atom is -0.493 e. The Balaban J connectivity index is 1.36.